The molecule has 2 aromatic carbocycles. The molecule has 1 amide bonds. The number of carbonyl (C=O) groups excluding carboxylic acids is 1. The van der Waals surface area contributed by atoms with Crippen molar-refractivity contribution in [1.82, 2.24) is 5.01 Å². The van der Waals surface area contributed by atoms with E-state index in [0.717, 1.165) is 17.0 Å². The molecule has 1 aromatic heterocycles. The third-order valence-electron chi connectivity index (χ3n) is 4.64. The summed E-state index contributed by atoms with van der Waals surface area (Å²) in [6.07, 6.45) is 2.14. The third kappa shape index (κ3) is 4.27. The maximum absolute atomic E-state index is 12.9. The van der Waals surface area contributed by atoms with E-state index in [2.05, 4.69) is 5.10 Å². The molecule has 0 saturated carbocycles. The second kappa shape index (κ2) is 8.41. The minimum absolute atomic E-state index is 0.141. The Morgan fingerprint density at radius 3 is 2.52 bits per heavy atom. The van der Waals surface area contributed by atoms with Crippen molar-refractivity contribution in [3.63, 3.8) is 0 Å². The molecule has 0 aliphatic carbocycles. The number of benzene rings is 2. The van der Waals surface area contributed by atoms with Gasteiger partial charge in [-0.2, -0.15) is 5.10 Å². The summed E-state index contributed by atoms with van der Waals surface area (Å²) in [6.45, 7) is -0.141. The Hall–Kier alpha value is -3.25. The largest absolute Gasteiger partial charge is 0.497 e. The molecule has 0 bridgehead atoms. The van der Waals surface area contributed by atoms with Gasteiger partial charge in [-0.3, -0.25) is 4.79 Å². The number of methoxy groups -OCH3 is 1. The number of hydrogen-bond donors (Lipinski definition) is 0. The van der Waals surface area contributed by atoms with Gasteiger partial charge in [-0.15, -0.1) is 0 Å². The summed E-state index contributed by atoms with van der Waals surface area (Å²) in [7, 11) is 1.62. The molecule has 3 aromatic rings. The molecular weight excluding hydrogens is 392 g/mol. The van der Waals surface area contributed by atoms with Crippen LogP contribution in [-0.4, -0.2) is 30.3 Å². The molecule has 0 radical (unpaired) electrons. The second-order valence-corrected chi connectivity index (χ2v) is 6.93. The number of amides is 1. The molecule has 0 spiro atoms. The number of hydrazone groups is 1. The fourth-order valence-electron chi connectivity index (χ4n) is 3.14. The van der Waals surface area contributed by atoms with Crippen molar-refractivity contribution in [2.24, 2.45) is 5.10 Å². The Kier molecular flexibility index (Phi) is 5.53. The van der Waals surface area contributed by atoms with E-state index in [4.69, 9.17) is 25.5 Å². The normalized spacial score (nSPS) is 15.9. The number of rotatable bonds is 6. The number of nitrogens with zero attached hydrogens (tertiary/aromatic N) is 2. The van der Waals surface area contributed by atoms with E-state index in [9.17, 15) is 4.79 Å². The maximum Gasteiger partial charge on any atom is 0.281 e. The summed E-state index contributed by atoms with van der Waals surface area (Å²) in [5.74, 6) is 1.75. The van der Waals surface area contributed by atoms with Crippen LogP contribution < -0.4 is 9.47 Å². The first-order valence-corrected chi connectivity index (χ1v) is 9.47. The summed E-state index contributed by atoms with van der Waals surface area (Å²) in [6, 6.07) is 17.8. The average Bonchev–Trinajstić information content (AvgIpc) is 3.43. The quantitative estimate of drug-likeness (QED) is 0.591. The van der Waals surface area contributed by atoms with Gasteiger partial charge in [0.05, 0.1) is 19.1 Å². The molecule has 1 atom stereocenters. The number of furan rings is 1. The Morgan fingerprint density at radius 1 is 1.14 bits per heavy atom. The van der Waals surface area contributed by atoms with Crippen LogP contribution in [0.5, 0.6) is 11.5 Å². The third-order valence-corrected chi connectivity index (χ3v) is 4.89. The SMILES string of the molecule is COc1ccc(C2=NN(C(=O)COc3ccc(Cl)cc3)C(c3ccco3)C2)cc1. The van der Waals surface area contributed by atoms with Crippen molar-refractivity contribution in [1.29, 1.82) is 0 Å². The van der Waals surface area contributed by atoms with Crippen molar-refractivity contribution in [2.75, 3.05) is 13.7 Å². The number of halogens is 1. The zero-order chi connectivity index (χ0) is 20.2. The lowest BCUT2D eigenvalue weighted by Crippen LogP contribution is -2.31. The lowest BCUT2D eigenvalue weighted by Gasteiger charge is -2.20. The van der Waals surface area contributed by atoms with Crippen LogP contribution in [0, 0.1) is 0 Å². The van der Waals surface area contributed by atoms with Crippen LogP contribution in [0.4, 0.5) is 0 Å². The van der Waals surface area contributed by atoms with Crippen LogP contribution in [0.1, 0.15) is 23.8 Å². The van der Waals surface area contributed by atoms with Gasteiger partial charge in [0.15, 0.2) is 6.61 Å². The predicted octanol–water partition coefficient (Wildman–Crippen LogP) is 4.70. The average molecular weight is 411 g/mol. The summed E-state index contributed by atoms with van der Waals surface area (Å²) < 4.78 is 16.4. The molecule has 6 nitrogen and oxygen atoms in total. The minimum atomic E-state index is -0.316. The summed E-state index contributed by atoms with van der Waals surface area (Å²) in [5.41, 5.74) is 1.73. The van der Waals surface area contributed by atoms with Crippen molar-refractivity contribution >= 4 is 23.2 Å². The van der Waals surface area contributed by atoms with Crippen molar-refractivity contribution in [3.8, 4) is 11.5 Å². The van der Waals surface area contributed by atoms with Gasteiger partial charge in [0, 0.05) is 11.4 Å². The van der Waals surface area contributed by atoms with Gasteiger partial charge in [0.1, 0.15) is 23.3 Å². The molecule has 0 saturated heterocycles. The molecule has 0 N–H and O–H groups in total. The van der Waals surface area contributed by atoms with Crippen LogP contribution in [0.15, 0.2) is 76.4 Å². The molecule has 2 heterocycles. The van der Waals surface area contributed by atoms with E-state index >= 15 is 0 Å². The molecule has 148 valence electrons. The second-order valence-electron chi connectivity index (χ2n) is 6.49. The van der Waals surface area contributed by atoms with Gasteiger partial charge in [0.2, 0.25) is 0 Å². The monoisotopic (exact) mass is 410 g/mol. The highest BCUT2D eigenvalue weighted by atomic mass is 35.5. The van der Waals surface area contributed by atoms with Gasteiger partial charge in [-0.1, -0.05) is 11.6 Å². The number of hydrogen-bond acceptors (Lipinski definition) is 5. The van der Waals surface area contributed by atoms with Gasteiger partial charge < -0.3 is 13.9 Å². The molecule has 7 heteroatoms. The van der Waals surface area contributed by atoms with Crippen LogP contribution in [0.25, 0.3) is 0 Å². The van der Waals surface area contributed by atoms with Gasteiger partial charge in [0.25, 0.3) is 5.91 Å². The molecular formula is C22H19ClN2O4. The van der Waals surface area contributed by atoms with Gasteiger partial charge in [-0.25, -0.2) is 5.01 Å². The van der Waals surface area contributed by atoms with Gasteiger partial charge in [-0.05, 0) is 66.2 Å². The van der Waals surface area contributed by atoms with Crippen molar-refractivity contribution in [3.05, 3.63) is 83.3 Å². The van der Waals surface area contributed by atoms with E-state index in [-0.39, 0.29) is 18.6 Å². The van der Waals surface area contributed by atoms with Crippen LogP contribution in [0.3, 0.4) is 0 Å². The lowest BCUT2D eigenvalue weighted by atomic mass is 10.0. The van der Waals surface area contributed by atoms with E-state index in [0.29, 0.717) is 23.0 Å². The highest BCUT2D eigenvalue weighted by Crippen LogP contribution is 2.33. The highest BCUT2D eigenvalue weighted by molar-refractivity contribution is 6.30. The first-order chi connectivity index (χ1) is 14.1. The van der Waals surface area contributed by atoms with Crippen LogP contribution in [0.2, 0.25) is 5.02 Å². The summed E-state index contributed by atoms with van der Waals surface area (Å²) in [5, 5.41) is 6.62. The van der Waals surface area contributed by atoms with E-state index < -0.39 is 0 Å². The maximum atomic E-state index is 12.9. The Labute approximate surface area is 173 Å². The fraction of sp³-hybridized carbons (Fsp3) is 0.182. The molecule has 29 heavy (non-hydrogen) atoms. The van der Waals surface area contributed by atoms with E-state index in [1.807, 2.05) is 30.3 Å². The zero-order valence-electron chi connectivity index (χ0n) is 15.7. The Morgan fingerprint density at radius 2 is 1.86 bits per heavy atom. The first kappa shape index (κ1) is 19.1. The summed E-state index contributed by atoms with van der Waals surface area (Å²) in [4.78, 5) is 12.9. The smallest absolute Gasteiger partial charge is 0.281 e. The van der Waals surface area contributed by atoms with E-state index in [1.54, 1.807) is 43.7 Å². The summed E-state index contributed by atoms with van der Waals surface area (Å²) >= 11 is 5.88. The van der Waals surface area contributed by atoms with Crippen LogP contribution >= 0.6 is 11.6 Å². The predicted molar refractivity (Wildman–Crippen MR) is 109 cm³/mol. The van der Waals surface area contributed by atoms with E-state index in [1.165, 1.54) is 5.01 Å². The lowest BCUT2D eigenvalue weighted by molar-refractivity contribution is -0.135. The molecule has 0 fully saturated rings. The van der Waals surface area contributed by atoms with Gasteiger partial charge >= 0.3 is 0 Å². The fourth-order valence-corrected chi connectivity index (χ4v) is 3.27. The van der Waals surface area contributed by atoms with Crippen LogP contribution in [-0.2, 0) is 4.79 Å². The number of ether oxygens (including phenoxy) is 2. The highest BCUT2D eigenvalue weighted by Gasteiger charge is 2.35. The topological polar surface area (TPSA) is 64.3 Å². The number of carbonyl (C=O) groups is 1. The Balaban J connectivity index is 1.53. The molecule has 1 unspecified atom stereocenters. The molecule has 1 aliphatic heterocycles. The Bertz CT molecular complexity index is 998. The van der Waals surface area contributed by atoms with Crippen molar-refractivity contribution in [2.45, 2.75) is 12.5 Å². The zero-order valence-corrected chi connectivity index (χ0v) is 16.5. The van der Waals surface area contributed by atoms with Crippen molar-refractivity contribution < 1.29 is 18.7 Å². The minimum Gasteiger partial charge on any atom is -0.497 e. The first-order valence-electron chi connectivity index (χ1n) is 9.10. The molecule has 4 rings (SSSR count). The standard InChI is InChI=1S/C22H19ClN2O4/c1-27-17-8-4-15(5-9-17)19-13-20(21-3-2-12-28-21)25(24-19)22(26)14-29-18-10-6-16(23)7-11-18/h2-12,20H,13-14H2,1H3. The molecule has 1 aliphatic rings.